The number of nitrogen functional groups attached to an aromatic ring is 1. The minimum Gasteiger partial charge on any atom is -0.495 e. The number of ether oxygens (including phenoxy) is 1. The first kappa shape index (κ1) is 25.0. The number of halogens is 3. The molecule has 0 saturated carbocycles. The molecule has 32 heavy (non-hydrogen) atoms. The van der Waals surface area contributed by atoms with Gasteiger partial charge in [-0.3, -0.25) is 0 Å². The Hall–Kier alpha value is -3.24. The molecule has 3 N–H and O–H groups in total. The number of rotatable bonds is 5. The second-order valence-electron chi connectivity index (χ2n) is 6.72. The minimum atomic E-state index is 0. The van der Waals surface area contributed by atoms with Crippen LogP contribution in [0.4, 0.5) is 11.5 Å². The van der Waals surface area contributed by atoms with E-state index < -0.39 is 0 Å². The highest BCUT2D eigenvalue weighted by molar-refractivity contribution is 6.32. The van der Waals surface area contributed by atoms with Crippen molar-refractivity contribution >= 4 is 58.7 Å². The van der Waals surface area contributed by atoms with Crippen molar-refractivity contribution in [3.63, 3.8) is 0 Å². The van der Waals surface area contributed by atoms with Gasteiger partial charge < -0.3 is 15.8 Å². The molecule has 4 aromatic rings. The third-order valence-corrected chi connectivity index (χ3v) is 5.04. The van der Waals surface area contributed by atoms with E-state index in [0.717, 1.165) is 21.9 Å². The first-order chi connectivity index (χ1) is 14.6. The van der Waals surface area contributed by atoms with Crippen LogP contribution in [-0.4, -0.2) is 17.3 Å². The van der Waals surface area contributed by atoms with Gasteiger partial charge in [0.1, 0.15) is 11.4 Å². The van der Waals surface area contributed by atoms with Crippen molar-refractivity contribution in [2.45, 2.75) is 6.54 Å². The SMILES string of the molecule is COc1ccc(CNc2nnc(-c3cccc(N)c3)c3ccc(C#N)cc23)cc1Cl.Cl.Cl. The van der Waals surface area contributed by atoms with Crippen molar-refractivity contribution in [3.8, 4) is 23.1 Å². The van der Waals surface area contributed by atoms with Crippen LogP contribution in [-0.2, 0) is 6.54 Å². The number of nitriles is 1. The fourth-order valence-corrected chi connectivity index (χ4v) is 3.54. The molecule has 0 aliphatic carbocycles. The van der Waals surface area contributed by atoms with Crippen molar-refractivity contribution < 1.29 is 4.74 Å². The third kappa shape index (κ3) is 5.14. The van der Waals surface area contributed by atoms with Gasteiger partial charge in [0.05, 0.1) is 23.8 Å². The van der Waals surface area contributed by atoms with Crippen LogP contribution in [0.15, 0.2) is 60.7 Å². The van der Waals surface area contributed by atoms with Crippen molar-refractivity contribution in [1.82, 2.24) is 10.2 Å². The molecule has 1 aromatic heterocycles. The molecule has 6 nitrogen and oxygen atoms in total. The Kier molecular flexibility index (Phi) is 8.50. The van der Waals surface area contributed by atoms with Crippen LogP contribution < -0.4 is 15.8 Å². The molecule has 1 heterocycles. The molecule has 0 aliphatic rings. The van der Waals surface area contributed by atoms with Crippen LogP contribution in [0.2, 0.25) is 5.02 Å². The topological polar surface area (TPSA) is 96.8 Å². The number of hydrogen-bond donors (Lipinski definition) is 2. The van der Waals surface area contributed by atoms with Gasteiger partial charge in [-0.1, -0.05) is 35.9 Å². The number of nitrogens with one attached hydrogen (secondary N) is 1. The van der Waals surface area contributed by atoms with Crippen LogP contribution >= 0.6 is 36.4 Å². The Labute approximate surface area is 203 Å². The van der Waals surface area contributed by atoms with E-state index >= 15 is 0 Å². The lowest BCUT2D eigenvalue weighted by Gasteiger charge is -2.12. The molecule has 0 spiro atoms. The monoisotopic (exact) mass is 487 g/mol. The molecule has 0 amide bonds. The van der Waals surface area contributed by atoms with Gasteiger partial charge in [0.15, 0.2) is 5.82 Å². The summed E-state index contributed by atoms with van der Waals surface area (Å²) in [6, 6.07) is 20.7. The smallest absolute Gasteiger partial charge is 0.156 e. The largest absolute Gasteiger partial charge is 0.495 e. The molecule has 0 fully saturated rings. The van der Waals surface area contributed by atoms with Crippen LogP contribution in [0.1, 0.15) is 11.1 Å². The van der Waals surface area contributed by atoms with Crippen LogP contribution in [0.25, 0.3) is 22.0 Å². The maximum Gasteiger partial charge on any atom is 0.156 e. The molecule has 9 heteroatoms. The third-order valence-electron chi connectivity index (χ3n) is 4.75. The summed E-state index contributed by atoms with van der Waals surface area (Å²) in [5, 5.41) is 23.7. The lowest BCUT2D eigenvalue weighted by Crippen LogP contribution is -2.05. The number of nitrogens with zero attached hydrogens (tertiary/aromatic N) is 3. The van der Waals surface area contributed by atoms with E-state index in [2.05, 4.69) is 21.6 Å². The van der Waals surface area contributed by atoms with Crippen molar-refractivity contribution in [1.29, 1.82) is 5.26 Å². The maximum absolute atomic E-state index is 9.35. The Morgan fingerprint density at radius 2 is 1.84 bits per heavy atom. The fourth-order valence-electron chi connectivity index (χ4n) is 3.26. The molecule has 0 bridgehead atoms. The molecular weight excluding hydrogens is 469 g/mol. The molecule has 0 aliphatic heterocycles. The zero-order valence-electron chi connectivity index (χ0n) is 17.0. The first-order valence-electron chi connectivity index (χ1n) is 9.22. The summed E-state index contributed by atoms with van der Waals surface area (Å²) in [5.41, 5.74) is 9.67. The van der Waals surface area contributed by atoms with Gasteiger partial charge in [0, 0.05) is 28.6 Å². The normalized spacial score (nSPS) is 9.91. The summed E-state index contributed by atoms with van der Waals surface area (Å²) in [6.45, 7) is 0.488. The molecule has 4 rings (SSSR count). The molecule has 3 aromatic carbocycles. The Morgan fingerprint density at radius 3 is 2.53 bits per heavy atom. The summed E-state index contributed by atoms with van der Waals surface area (Å²) < 4.78 is 5.20. The van der Waals surface area contributed by atoms with Crippen LogP contribution in [0, 0.1) is 11.3 Å². The Morgan fingerprint density at radius 1 is 1.03 bits per heavy atom. The average Bonchev–Trinajstić information content (AvgIpc) is 2.77. The highest BCUT2D eigenvalue weighted by Crippen LogP contribution is 2.32. The standard InChI is InChI=1S/C23H18ClN5O.2ClH/c1-30-21-8-6-15(10-20(21)24)13-27-23-19-9-14(12-25)5-7-18(19)22(28-29-23)16-3-2-4-17(26)11-16;;/h2-11H,13,26H2,1H3,(H,27,29);2*1H. The number of anilines is 2. The van der Waals surface area contributed by atoms with E-state index in [1.54, 1.807) is 13.2 Å². The van der Waals surface area contributed by atoms with E-state index in [4.69, 9.17) is 22.1 Å². The molecule has 0 saturated heterocycles. The number of methoxy groups -OCH3 is 1. The predicted octanol–water partition coefficient (Wildman–Crippen LogP) is 5.87. The second kappa shape index (κ2) is 10.9. The van der Waals surface area contributed by atoms with E-state index in [1.807, 2.05) is 54.6 Å². The maximum atomic E-state index is 9.35. The summed E-state index contributed by atoms with van der Waals surface area (Å²) in [4.78, 5) is 0. The zero-order chi connectivity index (χ0) is 21.1. The van der Waals surface area contributed by atoms with Crippen molar-refractivity contribution in [2.24, 2.45) is 0 Å². The van der Waals surface area contributed by atoms with Gasteiger partial charge in [-0.25, -0.2) is 0 Å². The van der Waals surface area contributed by atoms with Gasteiger partial charge in [0.25, 0.3) is 0 Å². The highest BCUT2D eigenvalue weighted by Gasteiger charge is 2.13. The summed E-state index contributed by atoms with van der Waals surface area (Å²) in [5.74, 6) is 1.21. The van der Waals surface area contributed by atoms with Gasteiger partial charge in [-0.05, 0) is 42.0 Å². The first-order valence-corrected chi connectivity index (χ1v) is 9.59. The van der Waals surface area contributed by atoms with Gasteiger partial charge in [0.2, 0.25) is 0 Å². The van der Waals surface area contributed by atoms with Gasteiger partial charge >= 0.3 is 0 Å². The van der Waals surface area contributed by atoms with E-state index in [9.17, 15) is 5.26 Å². The van der Waals surface area contributed by atoms with Gasteiger partial charge in [-0.2, -0.15) is 5.26 Å². The minimum absolute atomic E-state index is 0. The second-order valence-corrected chi connectivity index (χ2v) is 7.12. The highest BCUT2D eigenvalue weighted by atomic mass is 35.5. The molecule has 0 unspecified atom stereocenters. The fraction of sp³-hybridized carbons (Fsp3) is 0.0870. The summed E-state index contributed by atoms with van der Waals surface area (Å²) in [7, 11) is 1.58. The van der Waals surface area contributed by atoms with Crippen molar-refractivity contribution in [3.05, 3.63) is 76.8 Å². The zero-order valence-corrected chi connectivity index (χ0v) is 19.4. The summed E-state index contributed by atoms with van der Waals surface area (Å²) >= 11 is 6.22. The van der Waals surface area contributed by atoms with E-state index in [-0.39, 0.29) is 24.8 Å². The average molecular weight is 489 g/mol. The number of aromatic nitrogens is 2. The number of hydrogen-bond acceptors (Lipinski definition) is 6. The lowest BCUT2D eigenvalue weighted by atomic mass is 10.0. The predicted molar refractivity (Wildman–Crippen MR) is 134 cm³/mol. The van der Waals surface area contributed by atoms with Crippen LogP contribution in [0.5, 0.6) is 5.75 Å². The number of nitrogens with two attached hydrogens (primary N) is 1. The van der Waals surface area contributed by atoms with Gasteiger partial charge in [-0.15, -0.1) is 35.0 Å². The van der Waals surface area contributed by atoms with Crippen LogP contribution in [0.3, 0.4) is 0 Å². The summed E-state index contributed by atoms with van der Waals surface area (Å²) in [6.07, 6.45) is 0. The molecule has 0 atom stereocenters. The van der Waals surface area contributed by atoms with Crippen molar-refractivity contribution in [2.75, 3.05) is 18.2 Å². The van der Waals surface area contributed by atoms with E-state index in [0.29, 0.717) is 40.1 Å². The molecular formula is C23H20Cl3N5O. The number of fused-ring (bicyclic) bond motifs is 1. The molecule has 0 radical (unpaired) electrons. The van der Waals surface area contributed by atoms with E-state index in [1.165, 1.54) is 0 Å². The lowest BCUT2D eigenvalue weighted by molar-refractivity contribution is 0.415. The number of benzene rings is 3. The Balaban J connectivity index is 0.00000181. The Bertz CT molecular complexity index is 1290. The quantitative estimate of drug-likeness (QED) is 0.341. The molecule has 164 valence electrons.